The first kappa shape index (κ1) is 18.9. The molecule has 1 aliphatic heterocycles. The summed E-state index contributed by atoms with van der Waals surface area (Å²) in [7, 11) is 1.71. The lowest BCUT2D eigenvalue weighted by atomic mass is 9.87. The van der Waals surface area contributed by atoms with Crippen molar-refractivity contribution in [3.8, 4) is 5.75 Å². The molecule has 4 nitrogen and oxygen atoms in total. The number of methoxy groups -OCH3 is 1. The van der Waals surface area contributed by atoms with Crippen LogP contribution in [0, 0.1) is 11.7 Å². The van der Waals surface area contributed by atoms with Crippen LogP contribution in [0.5, 0.6) is 5.75 Å². The Kier molecular flexibility index (Phi) is 5.36. The van der Waals surface area contributed by atoms with E-state index in [9.17, 15) is 4.39 Å². The molecule has 4 rings (SSSR count). The summed E-state index contributed by atoms with van der Waals surface area (Å²) in [5.74, 6) is 1.46. The van der Waals surface area contributed by atoms with Crippen LogP contribution >= 0.6 is 0 Å². The SMILES string of the molecule is COc1cccc(C(C(C)C)N2CCC(c3noc4cc(F)ccc34)CC2)c1. The van der Waals surface area contributed by atoms with Gasteiger partial charge in [0.1, 0.15) is 11.6 Å². The molecule has 148 valence electrons. The van der Waals surface area contributed by atoms with E-state index in [1.807, 2.05) is 6.07 Å². The smallest absolute Gasteiger partial charge is 0.170 e. The average molecular weight is 382 g/mol. The second-order valence-electron chi connectivity index (χ2n) is 7.98. The molecule has 0 saturated carbocycles. The maximum atomic E-state index is 13.4. The van der Waals surface area contributed by atoms with Crippen molar-refractivity contribution in [2.75, 3.05) is 20.2 Å². The van der Waals surface area contributed by atoms with Crippen molar-refractivity contribution in [3.05, 3.63) is 59.5 Å². The molecule has 1 unspecified atom stereocenters. The average Bonchev–Trinajstić information content (AvgIpc) is 3.11. The minimum Gasteiger partial charge on any atom is -0.497 e. The Bertz CT molecular complexity index is 945. The van der Waals surface area contributed by atoms with Gasteiger partial charge in [-0.25, -0.2) is 4.39 Å². The van der Waals surface area contributed by atoms with Crippen LogP contribution in [0.4, 0.5) is 4.39 Å². The lowest BCUT2D eigenvalue weighted by molar-refractivity contribution is 0.118. The van der Waals surface area contributed by atoms with Gasteiger partial charge < -0.3 is 9.26 Å². The number of nitrogens with zero attached hydrogens (tertiary/aromatic N) is 2. The van der Waals surface area contributed by atoms with Crippen molar-refractivity contribution in [1.29, 1.82) is 0 Å². The second-order valence-corrected chi connectivity index (χ2v) is 7.98. The molecule has 1 aromatic heterocycles. The van der Waals surface area contributed by atoms with Gasteiger partial charge >= 0.3 is 0 Å². The Labute approximate surface area is 165 Å². The highest BCUT2D eigenvalue weighted by molar-refractivity contribution is 5.79. The maximum Gasteiger partial charge on any atom is 0.170 e. The number of hydrogen-bond acceptors (Lipinski definition) is 4. The number of benzene rings is 2. The van der Waals surface area contributed by atoms with Crippen molar-refractivity contribution < 1.29 is 13.7 Å². The van der Waals surface area contributed by atoms with Crippen LogP contribution in [-0.4, -0.2) is 30.3 Å². The first-order valence-corrected chi connectivity index (χ1v) is 9.99. The fraction of sp³-hybridized carbons (Fsp3) is 0.435. The zero-order chi connectivity index (χ0) is 19.7. The number of halogens is 1. The summed E-state index contributed by atoms with van der Waals surface area (Å²) in [6.45, 7) is 6.55. The van der Waals surface area contributed by atoms with Gasteiger partial charge in [-0.15, -0.1) is 0 Å². The lowest BCUT2D eigenvalue weighted by Gasteiger charge is -2.39. The summed E-state index contributed by atoms with van der Waals surface area (Å²) in [5.41, 5.74) is 2.81. The predicted octanol–water partition coefficient (Wildman–Crippen LogP) is 5.55. The third-order valence-corrected chi connectivity index (χ3v) is 5.84. The molecule has 1 atom stereocenters. The van der Waals surface area contributed by atoms with Crippen LogP contribution in [-0.2, 0) is 0 Å². The summed E-state index contributed by atoms with van der Waals surface area (Å²) in [4.78, 5) is 2.57. The van der Waals surface area contributed by atoms with E-state index in [-0.39, 0.29) is 5.82 Å². The number of piperidine rings is 1. The normalized spacial score (nSPS) is 17.3. The van der Waals surface area contributed by atoms with Gasteiger partial charge in [0.15, 0.2) is 5.58 Å². The van der Waals surface area contributed by atoms with Crippen molar-refractivity contribution in [3.63, 3.8) is 0 Å². The largest absolute Gasteiger partial charge is 0.497 e. The van der Waals surface area contributed by atoms with Crippen LogP contribution in [0.2, 0.25) is 0 Å². The molecule has 1 saturated heterocycles. The Hall–Kier alpha value is -2.40. The maximum absolute atomic E-state index is 13.4. The van der Waals surface area contributed by atoms with Gasteiger partial charge in [0.05, 0.1) is 12.8 Å². The van der Waals surface area contributed by atoms with E-state index in [0.717, 1.165) is 42.8 Å². The first-order chi connectivity index (χ1) is 13.6. The van der Waals surface area contributed by atoms with Gasteiger partial charge in [-0.1, -0.05) is 31.1 Å². The van der Waals surface area contributed by atoms with Gasteiger partial charge in [-0.3, -0.25) is 4.90 Å². The van der Waals surface area contributed by atoms with Crippen molar-refractivity contribution in [1.82, 2.24) is 10.1 Å². The van der Waals surface area contributed by atoms with Crippen molar-refractivity contribution >= 4 is 11.0 Å². The predicted molar refractivity (Wildman–Crippen MR) is 108 cm³/mol. The van der Waals surface area contributed by atoms with E-state index < -0.39 is 0 Å². The van der Waals surface area contributed by atoms with E-state index in [4.69, 9.17) is 9.26 Å². The highest BCUT2D eigenvalue weighted by atomic mass is 19.1. The summed E-state index contributed by atoms with van der Waals surface area (Å²) < 4.78 is 24.2. The Morgan fingerprint density at radius 3 is 2.64 bits per heavy atom. The fourth-order valence-electron chi connectivity index (χ4n) is 4.52. The van der Waals surface area contributed by atoms with Crippen LogP contribution in [0.25, 0.3) is 11.0 Å². The monoisotopic (exact) mass is 382 g/mol. The van der Waals surface area contributed by atoms with Crippen molar-refractivity contribution in [2.24, 2.45) is 5.92 Å². The third kappa shape index (κ3) is 3.63. The van der Waals surface area contributed by atoms with Gasteiger partial charge in [-0.2, -0.15) is 0 Å². The van der Waals surface area contributed by atoms with Crippen molar-refractivity contribution in [2.45, 2.75) is 38.6 Å². The molecule has 0 N–H and O–H groups in total. The fourth-order valence-corrected chi connectivity index (χ4v) is 4.52. The first-order valence-electron chi connectivity index (χ1n) is 9.99. The van der Waals surface area contributed by atoms with E-state index in [2.05, 4.69) is 42.1 Å². The molecular formula is C23H27FN2O2. The van der Waals surface area contributed by atoms with E-state index in [0.29, 0.717) is 23.5 Å². The number of likely N-dealkylation sites (tertiary alicyclic amines) is 1. The molecule has 2 heterocycles. The molecule has 2 aromatic carbocycles. The molecule has 3 aromatic rings. The highest BCUT2D eigenvalue weighted by Gasteiger charge is 2.30. The van der Waals surface area contributed by atoms with Crippen LogP contribution in [0.1, 0.15) is 49.9 Å². The van der Waals surface area contributed by atoms with E-state index in [1.165, 1.54) is 17.7 Å². The molecule has 0 bridgehead atoms. The molecule has 0 aliphatic carbocycles. The topological polar surface area (TPSA) is 38.5 Å². The van der Waals surface area contributed by atoms with Crippen LogP contribution in [0.3, 0.4) is 0 Å². The molecule has 1 fully saturated rings. The second kappa shape index (κ2) is 7.92. The number of fused-ring (bicyclic) bond motifs is 1. The highest BCUT2D eigenvalue weighted by Crippen LogP contribution is 2.38. The van der Waals surface area contributed by atoms with Gasteiger partial charge in [0.25, 0.3) is 0 Å². The number of rotatable bonds is 5. The Morgan fingerprint density at radius 1 is 1.14 bits per heavy atom. The van der Waals surface area contributed by atoms with Gasteiger partial charge in [-0.05, 0) is 61.7 Å². The molecule has 0 radical (unpaired) electrons. The quantitative estimate of drug-likeness (QED) is 0.580. The van der Waals surface area contributed by atoms with Crippen LogP contribution in [0.15, 0.2) is 47.0 Å². The Morgan fingerprint density at radius 2 is 1.93 bits per heavy atom. The minimum atomic E-state index is -0.289. The number of aromatic nitrogens is 1. The molecular weight excluding hydrogens is 355 g/mol. The molecule has 28 heavy (non-hydrogen) atoms. The number of ether oxygens (including phenoxy) is 1. The number of hydrogen-bond donors (Lipinski definition) is 0. The minimum absolute atomic E-state index is 0.289. The Balaban J connectivity index is 1.51. The zero-order valence-electron chi connectivity index (χ0n) is 16.7. The molecule has 1 aliphatic rings. The zero-order valence-corrected chi connectivity index (χ0v) is 16.7. The standard InChI is InChI=1S/C23H27FN2O2/c1-15(2)23(17-5-4-6-19(13-17)27-3)26-11-9-16(10-12-26)22-20-8-7-18(24)14-21(20)28-25-22/h4-8,13-16,23H,9-12H2,1-3H3. The molecule has 0 spiro atoms. The molecule has 0 amide bonds. The van der Waals surface area contributed by atoms with Gasteiger partial charge in [0.2, 0.25) is 0 Å². The third-order valence-electron chi connectivity index (χ3n) is 5.84. The molecule has 5 heteroatoms. The van der Waals surface area contributed by atoms with Gasteiger partial charge in [0, 0.05) is 23.4 Å². The summed E-state index contributed by atoms with van der Waals surface area (Å²) in [5, 5.41) is 5.21. The lowest BCUT2D eigenvalue weighted by Crippen LogP contribution is -2.38. The van der Waals surface area contributed by atoms with E-state index in [1.54, 1.807) is 13.2 Å². The van der Waals surface area contributed by atoms with Crippen LogP contribution < -0.4 is 4.74 Å². The summed E-state index contributed by atoms with van der Waals surface area (Å²) in [6, 6.07) is 13.4. The van der Waals surface area contributed by atoms with E-state index >= 15 is 0 Å². The summed E-state index contributed by atoms with van der Waals surface area (Å²) in [6.07, 6.45) is 2.04. The summed E-state index contributed by atoms with van der Waals surface area (Å²) >= 11 is 0.